The number of halogens is 1. The molecule has 150 valence electrons. The van der Waals surface area contributed by atoms with Gasteiger partial charge in [0.15, 0.2) is 0 Å². The number of carbonyl (C=O) groups is 2. The Morgan fingerprint density at radius 2 is 1.57 bits per heavy atom. The summed E-state index contributed by atoms with van der Waals surface area (Å²) >= 11 is 0. The third-order valence-electron chi connectivity index (χ3n) is 4.56. The van der Waals surface area contributed by atoms with Crippen molar-refractivity contribution in [2.75, 3.05) is 0 Å². The highest BCUT2D eigenvalue weighted by Gasteiger charge is 2.28. The summed E-state index contributed by atoms with van der Waals surface area (Å²) < 4.78 is 13.3. The van der Waals surface area contributed by atoms with E-state index in [0.717, 1.165) is 16.7 Å². The molecule has 1 N–H and O–H groups in total. The van der Waals surface area contributed by atoms with Crippen LogP contribution in [0.4, 0.5) is 4.39 Å². The summed E-state index contributed by atoms with van der Waals surface area (Å²) in [4.78, 5) is 27.4. The third-order valence-corrected chi connectivity index (χ3v) is 4.56. The quantitative estimate of drug-likeness (QED) is 0.748. The minimum atomic E-state index is -0.578. The monoisotopic (exact) mass is 384 g/mol. The zero-order chi connectivity index (χ0) is 20.7. The zero-order valence-electron chi connectivity index (χ0n) is 17.0. The topological polar surface area (TPSA) is 49.4 Å². The molecule has 0 aromatic heterocycles. The van der Waals surface area contributed by atoms with E-state index in [9.17, 15) is 14.0 Å². The second kappa shape index (κ2) is 10.0. The number of benzene rings is 2. The van der Waals surface area contributed by atoms with E-state index in [4.69, 9.17) is 0 Å². The van der Waals surface area contributed by atoms with Gasteiger partial charge in [-0.3, -0.25) is 9.59 Å². The van der Waals surface area contributed by atoms with E-state index in [2.05, 4.69) is 5.32 Å². The van der Waals surface area contributed by atoms with Crippen molar-refractivity contribution in [3.63, 3.8) is 0 Å². The average molecular weight is 384 g/mol. The molecule has 2 rings (SSSR count). The van der Waals surface area contributed by atoms with Crippen LogP contribution in [0.2, 0.25) is 0 Å². The van der Waals surface area contributed by atoms with Gasteiger partial charge in [-0.2, -0.15) is 0 Å². The molecule has 0 fully saturated rings. The Kier molecular flexibility index (Phi) is 7.73. The Bertz CT molecular complexity index is 785. The number of aryl methyl sites for hydroxylation is 1. The maximum Gasteiger partial charge on any atom is 0.243 e. The van der Waals surface area contributed by atoms with Crippen molar-refractivity contribution >= 4 is 11.8 Å². The summed E-state index contributed by atoms with van der Waals surface area (Å²) in [6.07, 6.45) is 0.715. The molecular weight excluding hydrogens is 355 g/mol. The first kappa shape index (κ1) is 21.6. The van der Waals surface area contributed by atoms with Gasteiger partial charge in [-0.25, -0.2) is 4.39 Å². The second-order valence-corrected chi connectivity index (χ2v) is 7.40. The number of hydrogen-bond donors (Lipinski definition) is 1. The third kappa shape index (κ3) is 6.19. The minimum absolute atomic E-state index is 0.0126. The molecule has 0 aliphatic carbocycles. The molecular formula is C23H29FN2O2. The van der Waals surface area contributed by atoms with Crippen LogP contribution in [0.15, 0.2) is 48.5 Å². The van der Waals surface area contributed by atoms with Gasteiger partial charge in [0, 0.05) is 12.6 Å². The van der Waals surface area contributed by atoms with E-state index in [0.29, 0.717) is 6.42 Å². The number of amides is 2. The second-order valence-electron chi connectivity index (χ2n) is 7.40. The van der Waals surface area contributed by atoms with Gasteiger partial charge in [0.05, 0.1) is 6.42 Å². The SMILES string of the molecule is CC[C@@H](C(=O)NC(C)C)N(Cc1ccc(F)cc1)C(=O)Cc1ccc(C)cc1. The largest absolute Gasteiger partial charge is 0.352 e. The van der Waals surface area contributed by atoms with Gasteiger partial charge in [0.2, 0.25) is 11.8 Å². The summed E-state index contributed by atoms with van der Waals surface area (Å²) in [5, 5.41) is 2.90. The first-order valence-corrected chi connectivity index (χ1v) is 9.70. The molecule has 28 heavy (non-hydrogen) atoms. The van der Waals surface area contributed by atoms with Crippen LogP contribution >= 0.6 is 0 Å². The Balaban J connectivity index is 2.27. The number of hydrogen-bond acceptors (Lipinski definition) is 2. The van der Waals surface area contributed by atoms with Crippen molar-refractivity contribution in [2.24, 2.45) is 0 Å². The number of carbonyl (C=O) groups excluding carboxylic acids is 2. The number of rotatable bonds is 8. The van der Waals surface area contributed by atoms with Crippen LogP contribution in [0.3, 0.4) is 0 Å². The standard InChI is InChI=1S/C23H29FN2O2/c1-5-21(23(28)25-16(2)3)26(15-19-10-12-20(24)13-11-19)22(27)14-18-8-6-17(4)7-9-18/h6-13,16,21H,5,14-15H2,1-4H3,(H,25,28)/t21-/m0/s1. The zero-order valence-corrected chi connectivity index (χ0v) is 17.0. The summed E-state index contributed by atoms with van der Waals surface area (Å²) in [5.41, 5.74) is 2.82. The highest BCUT2D eigenvalue weighted by molar-refractivity contribution is 5.88. The summed E-state index contributed by atoms with van der Waals surface area (Å²) in [5.74, 6) is -0.623. The number of nitrogens with one attached hydrogen (secondary N) is 1. The van der Waals surface area contributed by atoms with Crippen molar-refractivity contribution in [3.8, 4) is 0 Å². The van der Waals surface area contributed by atoms with E-state index in [1.54, 1.807) is 17.0 Å². The van der Waals surface area contributed by atoms with Gasteiger partial charge in [-0.1, -0.05) is 48.9 Å². The van der Waals surface area contributed by atoms with Gasteiger partial charge in [0.25, 0.3) is 0 Å². The van der Waals surface area contributed by atoms with E-state index in [1.807, 2.05) is 52.0 Å². The fourth-order valence-electron chi connectivity index (χ4n) is 3.07. The fraction of sp³-hybridized carbons (Fsp3) is 0.391. The molecule has 0 radical (unpaired) electrons. The lowest BCUT2D eigenvalue weighted by molar-refractivity contribution is -0.141. The van der Waals surface area contributed by atoms with Crippen LogP contribution in [0.25, 0.3) is 0 Å². The normalized spacial score (nSPS) is 11.9. The summed E-state index contributed by atoms with van der Waals surface area (Å²) in [7, 11) is 0. The van der Waals surface area contributed by atoms with Crippen molar-refractivity contribution in [1.82, 2.24) is 10.2 Å². The smallest absolute Gasteiger partial charge is 0.243 e. The first-order valence-electron chi connectivity index (χ1n) is 9.70. The van der Waals surface area contributed by atoms with Crippen LogP contribution in [-0.4, -0.2) is 28.8 Å². The molecule has 4 nitrogen and oxygen atoms in total. The predicted octanol–water partition coefficient (Wildman–Crippen LogP) is 4.01. The predicted molar refractivity (Wildman–Crippen MR) is 109 cm³/mol. The van der Waals surface area contributed by atoms with Crippen LogP contribution in [0.5, 0.6) is 0 Å². The Morgan fingerprint density at radius 3 is 2.11 bits per heavy atom. The molecule has 2 aromatic carbocycles. The lowest BCUT2D eigenvalue weighted by atomic mass is 10.1. The molecule has 0 saturated carbocycles. The number of nitrogens with zero attached hydrogens (tertiary/aromatic N) is 1. The van der Waals surface area contributed by atoms with Crippen LogP contribution in [-0.2, 0) is 22.6 Å². The molecule has 2 amide bonds. The first-order chi connectivity index (χ1) is 13.3. The summed E-state index contributed by atoms with van der Waals surface area (Å²) in [6, 6.07) is 13.2. The van der Waals surface area contributed by atoms with Crippen molar-refractivity contribution < 1.29 is 14.0 Å². The Labute approximate surface area is 166 Å². The Hall–Kier alpha value is -2.69. The van der Waals surface area contributed by atoms with E-state index in [1.165, 1.54) is 12.1 Å². The molecule has 0 bridgehead atoms. The molecule has 0 aliphatic heterocycles. The lowest BCUT2D eigenvalue weighted by Gasteiger charge is -2.31. The maximum atomic E-state index is 13.3. The van der Waals surface area contributed by atoms with Crippen LogP contribution < -0.4 is 5.32 Å². The highest BCUT2D eigenvalue weighted by Crippen LogP contribution is 2.16. The molecule has 0 heterocycles. The summed E-state index contributed by atoms with van der Waals surface area (Å²) in [6.45, 7) is 7.93. The van der Waals surface area contributed by atoms with Crippen LogP contribution in [0, 0.1) is 12.7 Å². The van der Waals surface area contributed by atoms with Crippen molar-refractivity contribution in [1.29, 1.82) is 0 Å². The molecule has 5 heteroatoms. The molecule has 0 spiro atoms. The molecule has 0 unspecified atom stereocenters. The lowest BCUT2D eigenvalue weighted by Crippen LogP contribution is -2.50. The van der Waals surface area contributed by atoms with Gasteiger partial charge in [-0.05, 0) is 50.5 Å². The van der Waals surface area contributed by atoms with Gasteiger partial charge in [0.1, 0.15) is 11.9 Å². The minimum Gasteiger partial charge on any atom is -0.352 e. The molecule has 0 aliphatic rings. The highest BCUT2D eigenvalue weighted by atomic mass is 19.1. The van der Waals surface area contributed by atoms with Gasteiger partial charge >= 0.3 is 0 Å². The van der Waals surface area contributed by atoms with Gasteiger partial charge < -0.3 is 10.2 Å². The average Bonchev–Trinajstić information content (AvgIpc) is 2.64. The van der Waals surface area contributed by atoms with E-state index < -0.39 is 6.04 Å². The molecule has 2 aromatic rings. The van der Waals surface area contributed by atoms with E-state index >= 15 is 0 Å². The van der Waals surface area contributed by atoms with E-state index in [-0.39, 0.29) is 36.6 Å². The fourth-order valence-corrected chi connectivity index (χ4v) is 3.07. The van der Waals surface area contributed by atoms with Crippen molar-refractivity contribution in [3.05, 3.63) is 71.0 Å². The molecule has 0 saturated heterocycles. The maximum absolute atomic E-state index is 13.3. The van der Waals surface area contributed by atoms with Gasteiger partial charge in [-0.15, -0.1) is 0 Å². The van der Waals surface area contributed by atoms with Crippen molar-refractivity contribution in [2.45, 2.75) is 59.2 Å². The Morgan fingerprint density at radius 1 is 1.00 bits per heavy atom. The van der Waals surface area contributed by atoms with Crippen LogP contribution in [0.1, 0.15) is 43.9 Å². The molecule has 1 atom stereocenters.